The molecule has 6 heteroatoms. The molecule has 0 amide bonds. The van der Waals surface area contributed by atoms with Gasteiger partial charge < -0.3 is 9.73 Å². The van der Waals surface area contributed by atoms with Gasteiger partial charge in [0.2, 0.25) is 5.09 Å². The van der Waals surface area contributed by atoms with E-state index < -0.39 is 10.0 Å². The first-order valence-electron chi connectivity index (χ1n) is 6.47. The molecule has 1 aromatic heterocycles. The molecule has 0 unspecified atom stereocenters. The standard InChI is InChI=1S/C13H20N2O3S/c1-11(2)14-10-12-6-7-13(18-12)19(16,17)15-8-4-3-5-9-15/h3-4,6-7,11,14H,5,8-10H2,1-2H3. The zero-order valence-electron chi connectivity index (χ0n) is 11.3. The lowest BCUT2D eigenvalue weighted by Crippen LogP contribution is -2.33. The molecule has 0 bridgehead atoms. The smallest absolute Gasteiger partial charge is 0.276 e. The normalized spacial score (nSPS) is 17.2. The molecule has 0 spiro atoms. The van der Waals surface area contributed by atoms with Crippen LogP contribution in [-0.2, 0) is 16.6 Å². The molecular weight excluding hydrogens is 264 g/mol. The molecule has 0 fully saturated rings. The topological polar surface area (TPSA) is 62.6 Å². The van der Waals surface area contributed by atoms with Crippen molar-refractivity contribution in [2.45, 2.75) is 37.9 Å². The van der Waals surface area contributed by atoms with E-state index in [2.05, 4.69) is 5.32 Å². The van der Waals surface area contributed by atoms with Gasteiger partial charge >= 0.3 is 0 Å². The maximum atomic E-state index is 12.3. The first-order chi connectivity index (χ1) is 9.00. The minimum absolute atomic E-state index is 0.0309. The summed E-state index contributed by atoms with van der Waals surface area (Å²) in [5, 5.41) is 3.22. The summed E-state index contributed by atoms with van der Waals surface area (Å²) >= 11 is 0. The fourth-order valence-electron chi connectivity index (χ4n) is 1.86. The van der Waals surface area contributed by atoms with E-state index in [0.717, 1.165) is 6.42 Å². The monoisotopic (exact) mass is 284 g/mol. The van der Waals surface area contributed by atoms with Crippen LogP contribution in [0, 0.1) is 0 Å². The van der Waals surface area contributed by atoms with Crippen LogP contribution < -0.4 is 5.32 Å². The van der Waals surface area contributed by atoms with Crippen molar-refractivity contribution in [2.75, 3.05) is 13.1 Å². The van der Waals surface area contributed by atoms with Gasteiger partial charge in [0.15, 0.2) is 0 Å². The first-order valence-corrected chi connectivity index (χ1v) is 7.91. The summed E-state index contributed by atoms with van der Waals surface area (Å²) in [7, 11) is -3.49. The molecule has 0 saturated carbocycles. The molecule has 1 aromatic rings. The second-order valence-electron chi connectivity index (χ2n) is 4.88. The van der Waals surface area contributed by atoms with Gasteiger partial charge in [0, 0.05) is 19.1 Å². The summed E-state index contributed by atoms with van der Waals surface area (Å²) in [6, 6.07) is 3.57. The summed E-state index contributed by atoms with van der Waals surface area (Å²) < 4.78 is 31.5. The molecule has 5 nitrogen and oxygen atoms in total. The Labute approximate surface area is 114 Å². The van der Waals surface area contributed by atoms with Crippen LogP contribution in [0.25, 0.3) is 0 Å². The number of furan rings is 1. The molecule has 1 N–H and O–H groups in total. The maximum Gasteiger partial charge on any atom is 0.276 e. The third kappa shape index (κ3) is 3.46. The Morgan fingerprint density at radius 2 is 2.16 bits per heavy atom. The Hall–Kier alpha value is -1.11. The van der Waals surface area contributed by atoms with Crippen LogP contribution in [-0.4, -0.2) is 31.9 Å². The van der Waals surface area contributed by atoms with Crippen LogP contribution in [0.3, 0.4) is 0 Å². The van der Waals surface area contributed by atoms with E-state index in [1.165, 1.54) is 10.4 Å². The highest BCUT2D eigenvalue weighted by molar-refractivity contribution is 7.89. The number of nitrogens with one attached hydrogen (secondary N) is 1. The first kappa shape index (κ1) is 14.3. The predicted octanol–water partition coefficient (Wildman–Crippen LogP) is 1.73. The fourth-order valence-corrected chi connectivity index (χ4v) is 3.20. The molecule has 2 heterocycles. The predicted molar refractivity (Wildman–Crippen MR) is 73.2 cm³/mol. The third-order valence-corrected chi connectivity index (χ3v) is 4.68. The van der Waals surface area contributed by atoms with Gasteiger partial charge in [0.1, 0.15) is 5.76 Å². The lowest BCUT2D eigenvalue weighted by molar-refractivity contribution is 0.368. The second kappa shape index (κ2) is 5.90. The lowest BCUT2D eigenvalue weighted by Gasteiger charge is -2.21. The molecule has 1 aliphatic heterocycles. The zero-order valence-corrected chi connectivity index (χ0v) is 12.1. The molecule has 0 aromatic carbocycles. The van der Waals surface area contributed by atoms with Crippen molar-refractivity contribution in [3.8, 4) is 0 Å². The van der Waals surface area contributed by atoms with E-state index in [4.69, 9.17) is 4.42 Å². The molecule has 2 rings (SSSR count). The Balaban J connectivity index is 2.10. The quantitative estimate of drug-likeness (QED) is 0.836. The van der Waals surface area contributed by atoms with Gasteiger partial charge in [-0.1, -0.05) is 26.0 Å². The highest BCUT2D eigenvalue weighted by Crippen LogP contribution is 2.20. The average molecular weight is 284 g/mol. The Morgan fingerprint density at radius 1 is 1.37 bits per heavy atom. The van der Waals surface area contributed by atoms with Crippen molar-refractivity contribution in [3.05, 3.63) is 30.0 Å². The molecule has 1 aliphatic rings. The van der Waals surface area contributed by atoms with Crippen LogP contribution in [0.2, 0.25) is 0 Å². The Kier molecular flexibility index (Phi) is 4.44. The molecule has 0 radical (unpaired) electrons. The summed E-state index contributed by atoms with van der Waals surface area (Å²) in [4.78, 5) is 0. The summed E-state index contributed by atoms with van der Waals surface area (Å²) in [5.74, 6) is 0.639. The van der Waals surface area contributed by atoms with Gasteiger partial charge in [0.25, 0.3) is 10.0 Å². The van der Waals surface area contributed by atoms with Gasteiger partial charge in [-0.05, 0) is 18.6 Å². The second-order valence-corrected chi connectivity index (χ2v) is 6.75. The summed E-state index contributed by atoms with van der Waals surface area (Å²) in [5.41, 5.74) is 0. The summed E-state index contributed by atoms with van der Waals surface area (Å²) in [6.07, 6.45) is 4.61. The van der Waals surface area contributed by atoms with Crippen molar-refractivity contribution in [1.29, 1.82) is 0 Å². The number of sulfonamides is 1. The highest BCUT2D eigenvalue weighted by atomic mass is 32.2. The van der Waals surface area contributed by atoms with Crippen LogP contribution in [0.1, 0.15) is 26.0 Å². The average Bonchev–Trinajstić information content (AvgIpc) is 2.87. The van der Waals surface area contributed by atoms with Crippen molar-refractivity contribution in [1.82, 2.24) is 9.62 Å². The molecule has 19 heavy (non-hydrogen) atoms. The van der Waals surface area contributed by atoms with Crippen molar-refractivity contribution >= 4 is 10.0 Å². The van der Waals surface area contributed by atoms with E-state index in [0.29, 0.717) is 31.4 Å². The van der Waals surface area contributed by atoms with E-state index in [9.17, 15) is 8.42 Å². The van der Waals surface area contributed by atoms with Gasteiger partial charge in [0.05, 0.1) is 6.54 Å². The van der Waals surface area contributed by atoms with Gasteiger partial charge in [-0.2, -0.15) is 4.31 Å². The number of rotatable bonds is 5. The van der Waals surface area contributed by atoms with Crippen molar-refractivity contribution < 1.29 is 12.8 Å². The Bertz CT molecular complexity index is 546. The van der Waals surface area contributed by atoms with E-state index >= 15 is 0 Å². The zero-order chi connectivity index (χ0) is 13.9. The highest BCUT2D eigenvalue weighted by Gasteiger charge is 2.27. The summed E-state index contributed by atoms with van der Waals surface area (Å²) in [6.45, 7) is 5.52. The number of hydrogen-bond donors (Lipinski definition) is 1. The van der Waals surface area contributed by atoms with E-state index in [-0.39, 0.29) is 5.09 Å². The lowest BCUT2D eigenvalue weighted by atomic mass is 10.3. The van der Waals surface area contributed by atoms with Crippen LogP contribution in [0.4, 0.5) is 0 Å². The van der Waals surface area contributed by atoms with Crippen LogP contribution in [0.5, 0.6) is 0 Å². The van der Waals surface area contributed by atoms with Crippen LogP contribution in [0.15, 0.2) is 33.8 Å². The molecule has 0 atom stereocenters. The van der Waals surface area contributed by atoms with E-state index in [1.807, 2.05) is 26.0 Å². The molecule has 106 valence electrons. The van der Waals surface area contributed by atoms with Crippen molar-refractivity contribution in [2.24, 2.45) is 0 Å². The molecule has 0 aliphatic carbocycles. The SMILES string of the molecule is CC(C)NCc1ccc(S(=O)(=O)N2CC=CCC2)o1. The Morgan fingerprint density at radius 3 is 2.79 bits per heavy atom. The van der Waals surface area contributed by atoms with Gasteiger partial charge in [-0.3, -0.25) is 0 Å². The minimum atomic E-state index is -3.49. The minimum Gasteiger partial charge on any atom is -0.447 e. The molecule has 0 saturated heterocycles. The fraction of sp³-hybridized carbons (Fsp3) is 0.538. The van der Waals surface area contributed by atoms with Crippen molar-refractivity contribution in [3.63, 3.8) is 0 Å². The molecular formula is C13H20N2O3S. The van der Waals surface area contributed by atoms with Gasteiger partial charge in [-0.25, -0.2) is 8.42 Å². The largest absolute Gasteiger partial charge is 0.447 e. The number of hydrogen-bond acceptors (Lipinski definition) is 4. The van der Waals surface area contributed by atoms with Crippen LogP contribution >= 0.6 is 0 Å². The van der Waals surface area contributed by atoms with E-state index in [1.54, 1.807) is 6.07 Å². The van der Waals surface area contributed by atoms with Gasteiger partial charge in [-0.15, -0.1) is 0 Å². The maximum absolute atomic E-state index is 12.3. The third-order valence-electron chi connectivity index (χ3n) is 2.94. The number of nitrogens with zero attached hydrogens (tertiary/aromatic N) is 1.